The van der Waals surface area contributed by atoms with Crippen molar-refractivity contribution in [3.05, 3.63) is 34.7 Å². The van der Waals surface area contributed by atoms with Crippen molar-refractivity contribution in [3.63, 3.8) is 0 Å². The summed E-state index contributed by atoms with van der Waals surface area (Å²) in [6.07, 6.45) is 3.02. The van der Waals surface area contributed by atoms with Crippen LogP contribution in [-0.4, -0.2) is 40.7 Å². The molecule has 1 N–H and O–H groups in total. The first-order valence-electron chi connectivity index (χ1n) is 7.17. The third-order valence-corrected chi connectivity index (χ3v) is 4.12. The minimum atomic E-state index is 0.0856. The molecule has 1 saturated heterocycles. The molecule has 1 unspecified atom stereocenters. The second kappa shape index (κ2) is 5.88. The number of hydrogen-bond donors (Lipinski definition) is 1. The van der Waals surface area contributed by atoms with Gasteiger partial charge in [-0.05, 0) is 26.3 Å². The number of piperazine rings is 1. The van der Waals surface area contributed by atoms with Crippen LogP contribution in [0.15, 0.2) is 29.2 Å². The largest absolute Gasteiger partial charge is 0.314 e. The lowest BCUT2D eigenvalue weighted by molar-refractivity contribution is 0.0615. The van der Waals surface area contributed by atoms with Gasteiger partial charge in [0.05, 0.1) is 0 Å². The molecule has 1 aromatic heterocycles. The maximum atomic E-state index is 11.7. The molecule has 19 heavy (non-hydrogen) atoms. The molecule has 1 atom stereocenters. The van der Waals surface area contributed by atoms with E-state index in [1.54, 1.807) is 16.7 Å². The van der Waals surface area contributed by atoms with Crippen LogP contribution in [0.4, 0.5) is 0 Å². The average Bonchev–Trinajstić information content (AvgIpc) is 2.39. The van der Waals surface area contributed by atoms with Gasteiger partial charge < -0.3 is 9.88 Å². The molecule has 106 valence electrons. The SMILES string of the molecule is CCC1CN(CCn2ccccc2=O)C(C)(C)CN1. The lowest BCUT2D eigenvalue weighted by atomic mass is 9.96. The van der Waals surface area contributed by atoms with Gasteiger partial charge in [0.1, 0.15) is 0 Å². The van der Waals surface area contributed by atoms with E-state index in [9.17, 15) is 4.79 Å². The average molecular weight is 263 g/mol. The number of nitrogens with one attached hydrogen (secondary N) is 1. The molecule has 4 heteroatoms. The fraction of sp³-hybridized carbons (Fsp3) is 0.667. The van der Waals surface area contributed by atoms with Crippen molar-refractivity contribution in [1.29, 1.82) is 0 Å². The fourth-order valence-electron chi connectivity index (χ4n) is 2.62. The molecule has 2 heterocycles. The first kappa shape index (κ1) is 14.3. The predicted molar refractivity (Wildman–Crippen MR) is 78.4 cm³/mol. The molecule has 0 amide bonds. The van der Waals surface area contributed by atoms with Crippen molar-refractivity contribution in [3.8, 4) is 0 Å². The molecule has 2 rings (SSSR count). The summed E-state index contributed by atoms with van der Waals surface area (Å²) in [5.41, 5.74) is 0.242. The Balaban J connectivity index is 2.00. The lowest BCUT2D eigenvalue weighted by Gasteiger charge is -2.46. The number of aromatic nitrogens is 1. The third kappa shape index (κ3) is 3.45. The van der Waals surface area contributed by atoms with E-state index >= 15 is 0 Å². The van der Waals surface area contributed by atoms with Gasteiger partial charge in [0, 0.05) is 50.0 Å². The molecule has 1 aliphatic rings. The number of rotatable bonds is 4. The molecule has 0 aromatic carbocycles. The van der Waals surface area contributed by atoms with E-state index < -0.39 is 0 Å². The highest BCUT2D eigenvalue weighted by Crippen LogP contribution is 2.19. The predicted octanol–water partition coefficient (Wildman–Crippen LogP) is 1.31. The minimum absolute atomic E-state index is 0.0856. The second-order valence-electron chi connectivity index (χ2n) is 5.98. The molecule has 0 bridgehead atoms. The topological polar surface area (TPSA) is 37.3 Å². The smallest absolute Gasteiger partial charge is 0.250 e. The summed E-state index contributed by atoms with van der Waals surface area (Å²) in [6.45, 7) is 10.5. The monoisotopic (exact) mass is 263 g/mol. The van der Waals surface area contributed by atoms with Crippen molar-refractivity contribution in [2.24, 2.45) is 0 Å². The maximum absolute atomic E-state index is 11.7. The van der Waals surface area contributed by atoms with Crippen LogP contribution >= 0.6 is 0 Å². The van der Waals surface area contributed by atoms with Crippen LogP contribution in [0, 0.1) is 0 Å². The Hall–Kier alpha value is -1.13. The molecule has 0 saturated carbocycles. The first-order valence-corrected chi connectivity index (χ1v) is 7.17. The highest BCUT2D eigenvalue weighted by molar-refractivity contribution is 4.95. The molecule has 1 aromatic rings. The summed E-state index contributed by atoms with van der Waals surface area (Å²) in [7, 11) is 0. The highest BCUT2D eigenvalue weighted by Gasteiger charge is 2.32. The van der Waals surface area contributed by atoms with Gasteiger partial charge in [0.25, 0.3) is 5.56 Å². The van der Waals surface area contributed by atoms with Crippen LogP contribution < -0.4 is 10.9 Å². The van der Waals surface area contributed by atoms with Crippen molar-refractivity contribution < 1.29 is 0 Å². The Morgan fingerprint density at radius 2 is 2.16 bits per heavy atom. The Bertz CT molecular complexity index is 466. The van der Waals surface area contributed by atoms with Gasteiger partial charge in [-0.15, -0.1) is 0 Å². The maximum Gasteiger partial charge on any atom is 0.250 e. The molecule has 0 radical (unpaired) electrons. The molecule has 1 aliphatic heterocycles. The zero-order chi connectivity index (χ0) is 13.9. The van der Waals surface area contributed by atoms with Gasteiger partial charge in [-0.3, -0.25) is 9.69 Å². The van der Waals surface area contributed by atoms with Crippen LogP contribution in [0.5, 0.6) is 0 Å². The number of pyridine rings is 1. The molecular weight excluding hydrogens is 238 g/mol. The van der Waals surface area contributed by atoms with Gasteiger partial charge in [-0.1, -0.05) is 13.0 Å². The normalized spacial score (nSPS) is 23.4. The zero-order valence-electron chi connectivity index (χ0n) is 12.2. The zero-order valence-corrected chi connectivity index (χ0v) is 12.2. The second-order valence-corrected chi connectivity index (χ2v) is 5.98. The van der Waals surface area contributed by atoms with Crippen molar-refractivity contribution >= 4 is 0 Å². The van der Waals surface area contributed by atoms with Gasteiger partial charge >= 0.3 is 0 Å². The lowest BCUT2D eigenvalue weighted by Crippen LogP contribution is -2.62. The molecule has 1 fully saturated rings. The standard InChI is InChI=1S/C15H25N3O/c1-4-13-11-18(15(2,3)12-16-13)10-9-17-8-6-5-7-14(17)19/h5-8,13,16H,4,9-12H2,1-3H3. The van der Waals surface area contributed by atoms with Crippen LogP contribution in [-0.2, 0) is 6.54 Å². The quantitative estimate of drug-likeness (QED) is 0.890. The Morgan fingerprint density at radius 1 is 1.37 bits per heavy atom. The van der Waals surface area contributed by atoms with Gasteiger partial charge in [-0.2, -0.15) is 0 Å². The summed E-state index contributed by atoms with van der Waals surface area (Å²) in [5.74, 6) is 0. The van der Waals surface area contributed by atoms with Crippen molar-refractivity contribution in [2.45, 2.75) is 45.3 Å². The Labute approximate surface area is 115 Å². The molecule has 4 nitrogen and oxygen atoms in total. The summed E-state index contributed by atoms with van der Waals surface area (Å²) >= 11 is 0. The van der Waals surface area contributed by atoms with E-state index in [2.05, 4.69) is 31.0 Å². The van der Waals surface area contributed by atoms with Gasteiger partial charge in [-0.25, -0.2) is 0 Å². The Morgan fingerprint density at radius 3 is 2.84 bits per heavy atom. The van der Waals surface area contributed by atoms with Crippen LogP contribution in [0.25, 0.3) is 0 Å². The van der Waals surface area contributed by atoms with Crippen LogP contribution in [0.2, 0.25) is 0 Å². The summed E-state index contributed by atoms with van der Waals surface area (Å²) < 4.78 is 1.79. The van der Waals surface area contributed by atoms with E-state index in [1.165, 1.54) is 0 Å². The third-order valence-electron chi connectivity index (χ3n) is 4.12. The van der Waals surface area contributed by atoms with E-state index in [0.717, 1.165) is 32.6 Å². The first-order chi connectivity index (χ1) is 9.03. The molecule has 0 spiro atoms. The highest BCUT2D eigenvalue weighted by atomic mass is 16.1. The number of hydrogen-bond acceptors (Lipinski definition) is 3. The summed E-state index contributed by atoms with van der Waals surface area (Å²) in [6, 6.07) is 5.90. The van der Waals surface area contributed by atoms with E-state index in [1.807, 2.05) is 12.3 Å². The van der Waals surface area contributed by atoms with Crippen LogP contribution in [0.1, 0.15) is 27.2 Å². The van der Waals surface area contributed by atoms with Crippen molar-refractivity contribution in [2.75, 3.05) is 19.6 Å². The van der Waals surface area contributed by atoms with E-state index in [0.29, 0.717) is 6.04 Å². The molecule has 0 aliphatic carbocycles. The van der Waals surface area contributed by atoms with Gasteiger partial charge in [0.2, 0.25) is 0 Å². The summed E-state index contributed by atoms with van der Waals surface area (Å²) in [5, 5.41) is 3.59. The van der Waals surface area contributed by atoms with E-state index in [4.69, 9.17) is 0 Å². The van der Waals surface area contributed by atoms with Crippen LogP contribution in [0.3, 0.4) is 0 Å². The number of nitrogens with zero attached hydrogens (tertiary/aromatic N) is 2. The summed E-state index contributed by atoms with van der Waals surface area (Å²) in [4.78, 5) is 14.2. The molecular formula is C15H25N3O. The minimum Gasteiger partial charge on any atom is -0.314 e. The van der Waals surface area contributed by atoms with E-state index in [-0.39, 0.29) is 11.1 Å². The fourth-order valence-corrected chi connectivity index (χ4v) is 2.62. The van der Waals surface area contributed by atoms with Crippen molar-refractivity contribution in [1.82, 2.24) is 14.8 Å². The van der Waals surface area contributed by atoms with Gasteiger partial charge in [0.15, 0.2) is 0 Å². The Kier molecular flexibility index (Phi) is 4.42.